The Morgan fingerprint density at radius 1 is 1.36 bits per heavy atom. The molecule has 0 aliphatic heterocycles. The molecule has 0 spiro atoms. The van der Waals surface area contributed by atoms with Gasteiger partial charge in [-0.3, -0.25) is 0 Å². The molecule has 1 heterocycles. The number of rotatable bonds is 1. The van der Waals surface area contributed by atoms with Crippen molar-refractivity contribution in [2.45, 2.75) is 0 Å². The van der Waals surface area contributed by atoms with E-state index in [0.717, 1.165) is 10.0 Å². The zero-order valence-corrected chi connectivity index (χ0v) is 8.65. The van der Waals surface area contributed by atoms with Crippen LogP contribution in [0.3, 0.4) is 0 Å². The van der Waals surface area contributed by atoms with E-state index in [-0.39, 0.29) is 5.76 Å². The summed E-state index contributed by atoms with van der Waals surface area (Å²) in [4.78, 5) is 0. The molecule has 2 aromatic rings. The predicted octanol–water partition coefficient (Wildman–Crippen LogP) is 2.98. The molecule has 68 valence electrons. The van der Waals surface area contributed by atoms with Gasteiger partial charge in [0.1, 0.15) is 11.8 Å². The summed E-state index contributed by atoms with van der Waals surface area (Å²) in [6.45, 7) is 0. The lowest BCUT2D eigenvalue weighted by atomic mass is 10.1. The van der Waals surface area contributed by atoms with E-state index >= 15 is 0 Å². The van der Waals surface area contributed by atoms with Crippen molar-refractivity contribution >= 4 is 15.9 Å². The number of nitrogens with zero attached hydrogens (tertiary/aromatic N) is 2. The molecule has 0 aliphatic carbocycles. The van der Waals surface area contributed by atoms with E-state index in [1.807, 2.05) is 30.3 Å². The fourth-order valence-corrected chi connectivity index (χ4v) is 1.51. The Kier molecular flexibility index (Phi) is 2.33. The molecule has 1 aromatic heterocycles. The van der Waals surface area contributed by atoms with Gasteiger partial charge in [0.15, 0.2) is 0 Å². The third-order valence-corrected chi connectivity index (χ3v) is 2.23. The highest BCUT2D eigenvalue weighted by Crippen LogP contribution is 2.22. The topological polar surface area (TPSA) is 49.8 Å². The first kappa shape index (κ1) is 8.97. The highest BCUT2D eigenvalue weighted by atomic mass is 79.9. The van der Waals surface area contributed by atoms with Gasteiger partial charge in [0.2, 0.25) is 5.76 Å². The Morgan fingerprint density at radius 3 is 2.86 bits per heavy atom. The number of nitriles is 1. The molecular weight excluding hydrogens is 244 g/mol. The summed E-state index contributed by atoms with van der Waals surface area (Å²) in [5.74, 6) is 0.222. The molecule has 1 aromatic carbocycles. The van der Waals surface area contributed by atoms with Crippen LogP contribution in [0.25, 0.3) is 11.3 Å². The summed E-state index contributed by atoms with van der Waals surface area (Å²) in [6, 6.07) is 11.2. The average molecular weight is 249 g/mol. The maximum absolute atomic E-state index is 8.56. The summed E-state index contributed by atoms with van der Waals surface area (Å²) in [7, 11) is 0. The van der Waals surface area contributed by atoms with Gasteiger partial charge in [-0.05, 0) is 12.1 Å². The van der Waals surface area contributed by atoms with Crippen LogP contribution < -0.4 is 0 Å². The van der Waals surface area contributed by atoms with Crippen LogP contribution >= 0.6 is 15.9 Å². The van der Waals surface area contributed by atoms with Crippen molar-refractivity contribution in [3.8, 4) is 17.3 Å². The Bertz CT molecular complexity index is 499. The molecule has 0 fully saturated rings. The Hall–Kier alpha value is -1.60. The first-order valence-electron chi connectivity index (χ1n) is 3.92. The van der Waals surface area contributed by atoms with Crippen LogP contribution in [0, 0.1) is 11.3 Å². The van der Waals surface area contributed by atoms with E-state index in [1.165, 1.54) is 0 Å². The van der Waals surface area contributed by atoms with Gasteiger partial charge in [-0.2, -0.15) is 5.26 Å². The molecule has 0 N–H and O–H groups in total. The monoisotopic (exact) mass is 248 g/mol. The van der Waals surface area contributed by atoms with Crippen molar-refractivity contribution in [1.29, 1.82) is 5.26 Å². The number of benzene rings is 1. The molecule has 14 heavy (non-hydrogen) atoms. The molecule has 0 aliphatic rings. The number of hydrogen-bond donors (Lipinski definition) is 0. The first-order chi connectivity index (χ1) is 6.79. The minimum absolute atomic E-state index is 0.222. The van der Waals surface area contributed by atoms with Crippen molar-refractivity contribution in [3.63, 3.8) is 0 Å². The fraction of sp³-hybridized carbons (Fsp3) is 0. The Morgan fingerprint density at radius 2 is 2.21 bits per heavy atom. The van der Waals surface area contributed by atoms with Crippen LogP contribution in [0.2, 0.25) is 0 Å². The second-order valence-corrected chi connectivity index (χ2v) is 3.61. The van der Waals surface area contributed by atoms with E-state index < -0.39 is 0 Å². The van der Waals surface area contributed by atoms with Gasteiger partial charge < -0.3 is 4.52 Å². The molecule has 3 nitrogen and oxygen atoms in total. The standard InChI is InChI=1S/C10H5BrN2O/c11-8-3-1-2-7(4-8)10-5-9(6-12)14-13-10/h1-5H. The van der Waals surface area contributed by atoms with E-state index in [0.29, 0.717) is 5.69 Å². The molecule has 0 radical (unpaired) electrons. The van der Waals surface area contributed by atoms with Crippen LogP contribution in [0.5, 0.6) is 0 Å². The van der Waals surface area contributed by atoms with Crippen LogP contribution in [-0.2, 0) is 0 Å². The molecule has 0 saturated heterocycles. The summed E-state index contributed by atoms with van der Waals surface area (Å²) < 4.78 is 5.75. The SMILES string of the molecule is N#Cc1cc(-c2cccc(Br)c2)no1. The third kappa shape index (κ3) is 1.68. The van der Waals surface area contributed by atoms with Crippen molar-refractivity contribution in [1.82, 2.24) is 5.16 Å². The van der Waals surface area contributed by atoms with Gasteiger partial charge in [0.25, 0.3) is 0 Å². The van der Waals surface area contributed by atoms with Gasteiger partial charge in [0, 0.05) is 16.1 Å². The third-order valence-electron chi connectivity index (χ3n) is 1.74. The molecule has 2 rings (SSSR count). The number of hydrogen-bond acceptors (Lipinski definition) is 3. The van der Waals surface area contributed by atoms with Gasteiger partial charge in [-0.15, -0.1) is 0 Å². The summed E-state index contributed by atoms with van der Waals surface area (Å²) in [6.07, 6.45) is 0. The van der Waals surface area contributed by atoms with Crippen molar-refractivity contribution in [2.24, 2.45) is 0 Å². The number of halogens is 1. The zero-order valence-electron chi connectivity index (χ0n) is 7.07. The predicted molar refractivity (Wildman–Crippen MR) is 54.4 cm³/mol. The zero-order chi connectivity index (χ0) is 9.97. The van der Waals surface area contributed by atoms with Gasteiger partial charge >= 0.3 is 0 Å². The largest absolute Gasteiger partial charge is 0.345 e. The summed E-state index contributed by atoms with van der Waals surface area (Å²) in [5.41, 5.74) is 1.59. The van der Waals surface area contributed by atoms with Crippen molar-refractivity contribution in [2.75, 3.05) is 0 Å². The minimum Gasteiger partial charge on any atom is -0.345 e. The maximum atomic E-state index is 8.56. The molecular formula is C10H5BrN2O. The molecule has 0 bridgehead atoms. The van der Waals surface area contributed by atoms with Gasteiger partial charge in [-0.1, -0.05) is 33.2 Å². The van der Waals surface area contributed by atoms with E-state index in [9.17, 15) is 0 Å². The van der Waals surface area contributed by atoms with Crippen LogP contribution in [0.4, 0.5) is 0 Å². The summed E-state index contributed by atoms with van der Waals surface area (Å²) >= 11 is 3.36. The molecule has 0 unspecified atom stereocenters. The van der Waals surface area contributed by atoms with Crippen LogP contribution in [0.15, 0.2) is 39.3 Å². The molecule has 0 amide bonds. The molecule has 0 atom stereocenters. The average Bonchev–Trinajstić information content (AvgIpc) is 2.66. The molecule has 0 saturated carbocycles. The second kappa shape index (κ2) is 3.64. The number of aromatic nitrogens is 1. The van der Waals surface area contributed by atoms with Crippen molar-refractivity contribution in [3.05, 3.63) is 40.6 Å². The van der Waals surface area contributed by atoms with Crippen LogP contribution in [-0.4, -0.2) is 5.16 Å². The minimum atomic E-state index is 0.222. The normalized spacial score (nSPS) is 9.71. The highest BCUT2D eigenvalue weighted by molar-refractivity contribution is 9.10. The lowest BCUT2D eigenvalue weighted by Crippen LogP contribution is -1.75. The quantitative estimate of drug-likeness (QED) is 0.780. The smallest absolute Gasteiger partial charge is 0.236 e. The van der Waals surface area contributed by atoms with Gasteiger partial charge in [0.05, 0.1) is 0 Å². The highest BCUT2D eigenvalue weighted by Gasteiger charge is 2.05. The Balaban J connectivity index is 2.45. The first-order valence-corrected chi connectivity index (χ1v) is 4.71. The fourth-order valence-electron chi connectivity index (χ4n) is 1.11. The lowest BCUT2D eigenvalue weighted by Gasteiger charge is -1.94. The van der Waals surface area contributed by atoms with Crippen LogP contribution in [0.1, 0.15) is 5.76 Å². The molecule has 4 heteroatoms. The van der Waals surface area contributed by atoms with E-state index in [4.69, 9.17) is 9.78 Å². The Labute approximate surface area is 89.1 Å². The second-order valence-electron chi connectivity index (χ2n) is 2.70. The van der Waals surface area contributed by atoms with E-state index in [2.05, 4.69) is 21.1 Å². The van der Waals surface area contributed by atoms with E-state index in [1.54, 1.807) is 6.07 Å². The van der Waals surface area contributed by atoms with Crippen molar-refractivity contribution < 1.29 is 4.52 Å². The lowest BCUT2D eigenvalue weighted by molar-refractivity contribution is 0.412. The van der Waals surface area contributed by atoms with Gasteiger partial charge in [-0.25, -0.2) is 0 Å². The summed E-state index contributed by atoms with van der Waals surface area (Å²) in [5, 5.41) is 12.3. The maximum Gasteiger partial charge on any atom is 0.236 e.